The zero-order chi connectivity index (χ0) is 20.5. The predicted octanol–water partition coefficient (Wildman–Crippen LogP) is 5.30. The van der Waals surface area contributed by atoms with Crippen LogP contribution in [0.25, 0.3) is 0 Å². The van der Waals surface area contributed by atoms with Gasteiger partial charge in [0.05, 0.1) is 11.4 Å². The zero-order valence-corrected chi connectivity index (χ0v) is 16.9. The van der Waals surface area contributed by atoms with Gasteiger partial charge in [-0.25, -0.2) is 8.42 Å². The monoisotopic (exact) mass is 403 g/mol. The topological polar surface area (TPSA) is 37.4 Å². The summed E-state index contributed by atoms with van der Waals surface area (Å²) in [7, 11) is -3.95. The Morgan fingerprint density at radius 1 is 1.07 bits per heavy atom. The quantitative estimate of drug-likeness (QED) is 0.694. The van der Waals surface area contributed by atoms with Gasteiger partial charge in [0.15, 0.2) is 0 Å². The molecule has 1 heterocycles. The summed E-state index contributed by atoms with van der Waals surface area (Å²) in [5.41, 5.74) is 1.04. The second-order valence-corrected chi connectivity index (χ2v) is 9.33. The molecule has 0 saturated carbocycles. The third-order valence-electron chi connectivity index (χ3n) is 5.18. The summed E-state index contributed by atoms with van der Waals surface area (Å²) >= 11 is 0. The van der Waals surface area contributed by atoms with Gasteiger partial charge in [-0.1, -0.05) is 68.0 Å². The lowest BCUT2D eigenvalue weighted by Gasteiger charge is -2.26. The third kappa shape index (κ3) is 3.74. The van der Waals surface area contributed by atoms with E-state index in [-0.39, 0.29) is 17.0 Å². The molecule has 1 fully saturated rings. The van der Waals surface area contributed by atoms with E-state index < -0.39 is 21.5 Å². The van der Waals surface area contributed by atoms with Gasteiger partial charge in [0.1, 0.15) is 0 Å². The van der Waals surface area contributed by atoms with E-state index in [1.165, 1.54) is 12.1 Å². The van der Waals surface area contributed by atoms with Crippen LogP contribution in [0.1, 0.15) is 25.0 Å². The summed E-state index contributed by atoms with van der Waals surface area (Å²) in [5, 5.41) is 0. The lowest BCUT2D eigenvalue weighted by Crippen LogP contribution is -2.29. The number of sulfonamides is 1. The number of halogens is 2. The van der Waals surface area contributed by atoms with Crippen molar-refractivity contribution < 1.29 is 17.2 Å². The maximum atomic E-state index is 13.6. The Morgan fingerprint density at radius 2 is 1.68 bits per heavy atom. The fourth-order valence-electron chi connectivity index (χ4n) is 3.43. The van der Waals surface area contributed by atoms with Crippen molar-refractivity contribution in [3.8, 4) is 0 Å². The highest BCUT2D eigenvalue weighted by atomic mass is 32.2. The van der Waals surface area contributed by atoms with Crippen LogP contribution in [0, 0.1) is 12.3 Å². The van der Waals surface area contributed by atoms with E-state index in [1.54, 1.807) is 32.1 Å². The predicted molar refractivity (Wildman–Crippen MR) is 106 cm³/mol. The van der Waals surface area contributed by atoms with Crippen molar-refractivity contribution in [1.82, 2.24) is 4.31 Å². The van der Waals surface area contributed by atoms with Gasteiger partial charge in [0, 0.05) is 16.7 Å². The van der Waals surface area contributed by atoms with Crippen LogP contribution in [0.3, 0.4) is 0 Å². The van der Waals surface area contributed by atoms with Crippen LogP contribution in [0.4, 0.5) is 8.78 Å². The Bertz CT molecular complexity index is 1020. The van der Waals surface area contributed by atoms with Crippen LogP contribution in [-0.4, -0.2) is 19.3 Å². The molecule has 6 heteroatoms. The first-order valence-electron chi connectivity index (χ1n) is 9.02. The Hall–Kier alpha value is -2.47. The van der Waals surface area contributed by atoms with E-state index in [0.29, 0.717) is 12.1 Å². The van der Waals surface area contributed by atoms with E-state index in [4.69, 9.17) is 0 Å². The van der Waals surface area contributed by atoms with Crippen LogP contribution in [0.5, 0.6) is 0 Å². The molecule has 28 heavy (non-hydrogen) atoms. The molecule has 0 aliphatic carbocycles. The molecule has 2 aromatic rings. The molecule has 0 spiro atoms. The summed E-state index contributed by atoms with van der Waals surface area (Å²) in [6.07, 6.45) is 0.384. The highest BCUT2D eigenvalue weighted by Crippen LogP contribution is 2.48. The Morgan fingerprint density at radius 3 is 2.25 bits per heavy atom. The number of hydrogen-bond acceptors (Lipinski definition) is 2. The van der Waals surface area contributed by atoms with Crippen LogP contribution >= 0.6 is 0 Å². The molecular formula is C22H23F2NO2S. The first kappa shape index (κ1) is 20.3. The molecule has 3 nitrogen and oxygen atoms in total. The molecule has 0 aromatic heterocycles. The second kappa shape index (κ2) is 7.51. The average molecular weight is 403 g/mol. The van der Waals surface area contributed by atoms with Crippen molar-refractivity contribution in [3.63, 3.8) is 0 Å². The Labute approximate surface area is 165 Å². The maximum Gasteiger partial charge on any atom is 0.272 e. The number of allylic oxidation sites excluding steroid dienone is 2. The molecule has 1 aliphatic rings. The van der Waals surface area contributed by atoms with Gasteiger partial charge in [0.2, 0.25) is 0 Å². The third-order valence-corrected chi connectivity index (χ3v) is 6.95. The van der Waals surface area contributed by atoms with Crippen LogP contribution < -0.4 is 0 Å². The zero-order valence-electron chi connectivity index (χ0n) is 16.1. The van der Waals surface area contributed by atoms with E-state index in [0.717, 1.165) is 15.4 Å². The van der Waals surface area contributed by atoms with E-state index >= 15 is 0 Å². The number of hydrogen-bond donors (Lipinski definition) is 0. The number of aryl methyl sites for hydroxylation is 1. The SMILES string of the molecule is Cc1ccc(S(=O)(=O)N2CC(=C(F)F)C(C)(C)/C2=C\Cc2ccccc2)cc1. The van der Waals surface area contributed by atoms with Crippen molar-refractivity contribution in [2.45, 2.75) is 32.1 Å². The molecule has 1 aliphatic heterocycles. The van der Waals surface area contributed by atoms with E-state index in [1.807, 2.05) is 37.3 Å². The van der Waals surface area contributed by atoms with Crippen LogP contribution in [0.15, 0.2) is 82.9 Å². The molecule has 1 saturated heterocycles. The van der Waals surface area contributed by atoms with Gasteiger partial charge in [-0.15, -0.1) is 0 Å². The Kier molecular flexibility index (Phi) is 5.44. The van der Waals surface area contributed by atoms with Crippen molar-refractivity contribution in [2.75, 3.05) is 6.54 Å². The van der Waals surface area contributed by atoms with Gasteiger partial charge >= 0.3 is 0 Å². The summed E-state index contributed by atoms with van der Waals surface area (Å²) in [6, 6.07) is 15.9. The number of rotatable bonds is 4. The van der Waals surface area contributed by atoms with Gasteiger partial charge in [-0.2, -0.15) is 8.78 Å². The highest BCUT2D eigenvalue weighted by molar-refractivity contribution is 7.89. The summed E-state index contributed by atoms with van der Waals surface area (Å²) in [6.45, 7) is 4.80. The standard InChI is InChI=1S/C22H23F2NO2S/c1-16-9-12-18(13-10-16)28(26,27)25-15-19(21(23)24)22(2,3)20(25)14-11-17-7-5-4-6-8-17/h4-10,12-14H,11,15H2,1-3H3/b20-14+. The van der Waals surface area contributed by atoms with Gasteiger partial charge in [-0.3, -0.25) is 4.31 Å². The van der Waals surface area contributed by atoms with Crippen molar-refractivity contribution in [3.05, 3.63) is 89.2 Å². The lowest BCUT2D eigenvalue weighted by molar-refractivity contribution is 0.387. The second-order valence-electron chi connectivity index (χ2n) is 7.47. The molecule has 0 amide bonds. The smallest absolute Gasteiger partial charge is 0.265 e. The highest BCUT2D eigenvalue weighted by Gasteiger charge is 2.46. The molecule has 0 radical (unpaired) electrons. The number of benzene rings is 2. The molecule has 0 unspecified atom stereocenters. The minimum atomic E-state index is -3.95. The van der Waals surface area contributed by atoms with Crippen molar-refractivity contribution in [2.24, 2.45) is 5.41 Å². The van der Waals surface area contributed by atoms with Gasteiger partial charge < -0.3 is 0 Å². The van der Waals surface area contributed by atoms with E-state index in [2.05, 4.69) is 0 Å². The fraction of sp³-hybridized carbons (Fsp3) is 0.273. The molecule has 0 bridgehead atoms. The first-order valence-corrected chi connectivity index (χ1v) is 10.5. The van der Waals surface area contributed by atoms with Crippen molar-refractivity contribution in [1.29, 1.82) is 0 Å². The largest absolute Gasteiger partial charge is 0.272 e. The normalized spacial score (nSPS) is 18.0. The summed E-state index contributed by atoms with van der Waals surface area (Å²) < 4.78 is 54.8. The van der Waals surface area contributed by atoms with Crippen molar-refractivity contribution >= 4 is 10.0 Å². The average Bonchev–Trinajstić information content (AvgIpc) is 2.92. The molecule has 3 rings (SSSR count). The fourth-order valence-corrected chi connectivity index (χ4v) is 5.02. The van der Waals surface area contributed by atoms with Crippen LogP contribution in [-0.2, 0) is 16.4 Å². The first-order chi connectivity index (χ1) is 13.1. The molecule has 148 valence electrons. The number of nitrogens with zero attached hydrogens (tertiary/aromatic N) is 1. The van der Waals surface area contributed by atoms with Crippen LogP contribution in [0.2, 0.25) is 0 Å². The van der Waals surface area contributed by atoms with Gasteiger partial charge in [-0.05, 0) is 31.0 Å². The van der Waals surface area contributed by atoms with Gasteiger partial charge in [0.25, 0.3) is 16.1 Å². The summed E-state index contributed by atoms with van der Waals surface area (Å²) in [5.74, 6) is 0. The lowest BCUT2D eigenvalue weighted by atomic mass is 9.84. The minimum Gasteiger partial charge on any atom is -0.265 e. The molecule has 0 N–H and O–H groups in total. The Balaban J connectivity index is 2.09. The molecule has 2 aromatic carbocycles. The maximum absolute atomic E-state index is 13.6. The minimum absolute atomic E-state index is 0.0972. The van der Waals surface area contributed by atoms with E-state index in [9.17, 15) is 17.2 Å². The summed E-state index contributed by atoms with van der Waals surface area (Å²) in [4.78, 5) is 0.0972. The molecular weight excluding hydrogens is 380 g/mol. The molecule has 0 atom stereocenters.